The van der Waals surface area contributed by atoms with Crippen molar-refractivity contribution in [3.8, 4) is 0 Å². The van der Waals surface area contributed by atoms with Crippen LogP contribution in [0.2, 0.25) is 0 Å². The maximum absolute atomic E-state index is 12.2. The van der Waals surface area contributed by atoms with Gasteiger partial charge in [0.25, 0.3) is 5.91 Å². The van der Waals surface area contributed by atoms with Crippen molar-refractivity contribution in [2.45, 2.75) is 18.9 Å². The zero-order valence-electron chi connectivity index (χ0n) is 12.4. The predicted octanol–water partition coefficient (Wildman–Crippen LogP) is 1.93. The summed E-state index contributed by atoms with van der Waals surface area (Å²) in [5.41, 5.74) is 0.896. The van der Waals surface area contributed by atoms with Crippen molar-refractivity contribution >= 4 is 40.0 Å². The normalized spacial score (nSPS) is 11.5. The van der Waals surface area contributed by atoms with E-state index in [0.717, 1.165) is 0 Å². The van der Waals surface area contributed by atoms with Crippen LogP contribution in [0.5, 0.6) is 0 Å². The molecular formula is C15H15N3O5S. The van der Waals surface area contributed by atoms with Crippen molar-refractivity contribution < 1.29 is 24.6 Å². The molecule has 0 saturated heterocycles. The minimum atomic E-state index is -1.28. The van der Waals surface area contributed by atoms with Gasteiger partial charge in [0.1, 0.15) is 6.04 Å². The lowest BCUT2D eigenvalue weighted by molar-refractivity contribution is -0.140. The Morgan fingerprint density at radius 2 is 2.04 bits per heavy atom. The first-order valence-corrected chi connectivity index (χ1v) is 7.85. The standard InChI is InChI=1S/C15H15N3O5S/c19-12(20)5-4-11(14(22)23)18-13(21)9-2-1-3-10(8-9)17-15-16-6-7-24-15/h1-3,6-8,11H,4-5H2,(H,16,17)(H,18,21)(H,19,20)(H,22,23). The number of hydrogen-bond donors (Lipinski definition) is 4. The number of carboxylic acids is 2. The van der Waals surface area contributed by atoms with Gasteiger partial charge in [0.2, 0.25) is 0 Å². The van der Waals surface area contributed by atoms with Gasteiger partial charge in [-0.2, -0.15) is 0 Å². The van der Waals surface area contributed by atoms with Crippen LogP contribution in [-0.2, 0) is 9.59 Å². The molecule has 1 atom stereocenters. The summed E-state index contributed by atoms with van der Waals surface area (Å²) in [6, 6.07) is 5.24. The third-order valence-electron chi connectivity index (χ3n) is 3.06. The highest BCUT2D eigenvalue weighted by atomic mass is 32.1. The van der Waals surface area contributed by atoms with E-state index in [1.165, 1.54) is 11.3 Å². The quantitative estimate of drug-likeness (QED) is 0.573. The van der Waals surface area contributed by atoms with Gasteiger partial charge in [0.05, 0.1) is 0 Å². The van der Waals surface area contributed by atoms with Crippen molar-refractivity contribution in [2.75, 3.05) is 5.32 Å². The predicted molar refractivity (Wildman–Crippen MR) is 87.6 cm³/mol. The van der Waals surface area contributed by atoms with Gasteiger partial charge in [0.15, 0.2) is 5.13 Å². The maximum atomic E-state index is 12.2. The highest BCUT2D eigenvalue weighted by molar-refractivity contribution is 7.13. The molecule has 24 heavy (non-hydrogen) atoms. The number of benzene rings is 1. The Bertz CT molecular complexity index is 732. The van der Waals surface area contributed by atoms with Gasteiger partial charge >= 0.3 is 11.9 Å². The van der Waals surface area contributed by atoms with Crippen molar-refractivity contribution in [3.05, 3.63) is 41.4 Å². The summed E-state index contributed by atoms with van der Waals surface area (Å²) >= 11 is 1.40. The van der Waals surface area contributed by atoms with E-state index in [-0.39, 0.29) is 18.4 Å². The van der Waals surface area contributed by atoms with E-state index in [1.54, 1.807) is 35.8 Å². The molecule has 1 heterocycles. The van der Waals surface area contributed by atoms with E-state index in [4.69, 9.17) is 10.2 Å². The molecule has 1 aromatic carbocycles. The minimum absolute atomic E-state index is 0.187. The molecule has 0 fully saturated rings. The summed E-state index contributed by atoms with van der Waals surface area (Å²) in [6.45, 7) is 0. The highest BCUT2D eigenvalue weighted by Crippen LogP contribution is 2.19. The van der Waals surface area contributed by atoms with Crippen molar-refractivity contribution in [2.24, 2.45) is 0 Å². The second kappa shape index (κ2) is 8.06. The third-order valence-corrected chi connectivity index (χ3v) is 3.75. The molecule has 0 aliphatic heterocycles. The van der Waals surface area contributed by atoms with Gasteiger partial charge in [0, 0.05) is 29.2 Å². The Kier molecular flexibility index (Phi) is 5.85. The molecule has 0 radical (unpaired) electrons. The van der Waals surface area contributed by atoms with Crippen LogP contribution in [0.1, 0.15) is 23.2 Å². The number of carbonyl (C=O) groups is 3. The Morgan fingerprint density at radius 1 is 1.25 bits per heavy atom. The minimum Gasteiger partial charge on any atom is -0.481 e. The number of aromatic nitrogens is 1. The summed E-state index contributed by atoms with van der Waals surface area (Å²) in [7, 11) is 0. The fraction of sp³-hybridized carbons (Fsp3) is 0.200. The maximum Gasteiger partial charge on any atom is 0.326 e. The lowest BCUT2D eigenvalue weighted by Crippen LogP contribution is -2.41. The van der Waals surface area contributed by atoms with Crippen LogP contribution >= 0.6 is 11.3 Å². The van der Waals surface area contributed by atoms with Gasteiger partial charge < -0.3 is 20.8 Å². The fourth-order valence-corrected chi connectivity index (χ4v) is 2.46. The molecule has 2 rings (SSSR count). The first-order valence-electron chi connectivity index (χ1n) is 6.98. The molecule has 9 heteroatoms. The van der Waals surface area contributed by atoms with Gasteiger partial charge in [-0.25, -0.2) is 9.78 Å². The molecule has 8 nitrogen and oxygen atoms in total. The lowest BCUT2D eigenvalue weighted by atomic mass is 10.1. The number of rotatable bonds is 8. The summed E-state index contributed by atoms with van der Waals surface area (Å²) < 4.78 is 0. The van der Waals surface area contributed by atoms with Crippen molar-refractivity contribution in [1.29, 1.82) is 0 Å². The lowest BCUT2D eigenvalue weighted by Gasteiger charge is -2.14. The van der Waals surface area contributed by atoms with Crippen LogP contribution < -0.4 is 10.6 Å². The number of amides is 1. The van der Waals surface area contributed by atoms with Crippen LogP contribution in [0.15, 0.2) is 35.8 Å². The second-order valence-electron chi connectivity index (χ2n) is 4.84. The monoisotopic (exact) mass is 349 g/mol. The Morgan fingerprint density at radius 3 is 2.67 bits per heavy atom. The van der Waals surface area contributed by atoms with Gasteiger partial charge in [-0.1, -0.05) is 6.07 Å². The number of aliphatic carboxylic acids is 2. The molecule has 4 N–H and O–H groups in total. The number of anilines is 2. The second-order valence-corrected chi connectivity index (χ2v) is 5.73. The Balaban J connectivity index is 2.05. The number of nitrogens with zero attached hydrogens (tertiary/aromatic N) is 1. The Hall–Kier alpha value is -2.94. The first kappa shape index (κ1) is 17.4. The van der Waals surface area contributed by atoms with Crippen LogP contribution in [0.3, 0.4) is 0 Å². The molecule has 1 unspecified atom stereocenters. The third kappa shape index (κ3) is 5.06. The van der Waals surface area contributed by atoms with Crippen LogP contribution in [0.4, 0.5) is 10.8 Å². The average Bonchev–Trinajstić information content (AvgIpc) is 3.04. The zero-order chi connectivity index (χ0) is 17.5. The highest BCUT2D eigenvalue weighted by Gasteiger charge is 2.21. The Labute approximate surface area is 141 Å². The number of carboxylic acid groups (broad SMARTS) is 2. The number of carbonyl (C=O) groups excluding carboxylic acids is 1. The SMILES string of the molecule is O=C(O)CCC(NC(=O)c1cccc(Nc2nccs2)c1)C(=O)O. The molecule has 2 aromatic rings. The number of thiazole rings is 1. The fourth-order valence-electron chi connectivity index (χ4n) is 1.91. The molecule has 0 aliphatic rings. The summed E-state index contributed by atoms with van der Waals surface area (Å²) in [5.74, 6) is -2.98. The largest absolute Gasteiger partial charge is 0.481 e. The number of hydrogen-bond acceptors (Lipinski definition) is 6. The first-order chi connectivity index (χ1) is 11.5. The van der Waals surface area contributed by atoms with Crippen molar-refractivity contribution in [1.82, 2.24) is 10.3 Å². The molecule has 1 aromatic heterocycles. The van der Waals surface area contributed by atoms with Gasteiger partial charge in [-0.05, 0) is 24.6 Å². The van der Waals surface area contributed by atoms with Crippen LogP contribution in [-0.4, -0.2) is 39.1 Å². The average molecular weight is 349 g/mol. The molecule has 0 bridgehead atoms. The van der Waals surface area contributed by atoms with E-state index in [0.29, 0.717) is 10.8 Å². The van der Waals surface area contributed by atoms with E-state index < -0.39 is 23.9 Å². The summed E-state index contributed by atoms with van der Waals surface area (Å²) in [4.78, 5) is 38.0. The number of nitrogens with one attached hydrogen (secondary N) is 2. The van der Waals surface area contributed by atoms with Crippen molar-refractivity contribution in [3.63, 3.8) is 0 Å². The van der Waals surface area contributed by atoms with Gasteiger partial charge in [-0.15, -0.1) is 11.3 Å². The van der Waals surface area contributed by atoms with Crippen LogP contribution in [0.25, 0.3) is 0 Å². The topological polar surface area (TPSA) is 129 Å². The van der Waals surface area contributed by atoms with E-state index in [1.807, 2.05) is 0 Å². The zero-order valence-corrected chi connectivity index (χ0v) is 13.2. The molecule has 1 amide bonds. The molecule has 126 valence electrons. The van der Waals surface area contributed by atoms with E-state index >= 15 is 0 Å². The van der Waals surface area contributed by atoms with E-state index in [2.05, 4.69) is 15.6 Å². The van der Waals surface area contributed by atoms with Gasteiger partial charge in [-0.3, -0.25) is 9.59 Å². The molecule has 0 saturated carbocycles. The summed E-state index contributed by atoms with van der Waals surface area (Å²) in [6.07, 6.45) is 1.11. The summed E-state index contributed by atoms with van der Waals surface area (Å²) in [5, 5.41) is 25.5. The molecule has 0 aliphatic carbocycles. The van der Waals surface area contributed by atoms with Crippen LogP contribution in [0, 0.1) is 0 Å². The molecule has 0 spiro atoms. The smallest absolute Gasteiger partial charge is 0.326 e. The molecular weight excluding hydrogens is 334 g/mol. The van der Waals surface area contributed by atoms with E-state index in [9.17, 15) is 14.4 Å².